The number of piperidine rings is 1. The number of fused-ring (bicyclic) bond motifs is 1. The van der Waals surface area contributed by atoms with Crippen molar-refractivity contribution >= 4 is 0 Å². The fourth-order valence-electron chi connectivity index (χ4n) is 3.02. The van der Waals surface area contributed by atoms with Gasteiger partial charge in [0.25, 0.3) is 0 Å². The molecule has 2 heterocycles. The molecule has 19 heavy (non-hydrogen) atoms. The van der Waals surface area contributed by atoms with Gasteiger partial charge in [0.2, 0.25) is 0 Å². The molecule has 2 atom stereocenters. The van der Waals surface area contributed by atoms with Crippen molar-refractivity contribution in [3.63, 3.8) is 0 Å². The Morgan fingerprint density at radius 3 is 3.11 bits per heavy atom. The lowest BCUT2D eigenvalue weighted by atomic mass is 9.98. The molecular weight excluding hydrogens is 238 g/mol. The first-order chi connectivity index (χ1) is 9.43. The van der Waals surface area contributed by atoms with E-state index in [2.05, 4.69) is 29.6 Å². The SMILES string of the molecule is c1ccc2c(c1)CCOC2COCC1CCCNC1. The normalized spacial score (nSPS) is 26.9. The van der Waals surface area contributed by atoms with Crippen molar-refractivity contribution in [1.29, 1.82) is 0 Å². The molecular formula is C16H23NO2. The molecule has 1 aromatic carbocycles. The molecule has 2 aliphatic rings. The molecule has 3 rings (SSSR count). The number of hydrogen-bond donors (Lipinski definition) is 1. The zero-order valence-corrected chi connectivity index (χ0v) is 11.4. The molecule has 1 N–H and O–H groups in total. The summed E-state index contributed by atoms with van der Waals surface area (Å²) in [6.07, 6.45) is 3.71. The van der Waals surface area contributed by atoms with E-state index in [4.69, 9.17) is 9.47 Å². The number of ether oxygens (including phenoxy) is 2. The number of hydrogen-bond acceptors (Lipinski definition) is 3. The maximum Gasteiger partial charge on any atom is 0.106 e. The van der Waals surface area contributed by atoms with Crippen molar-refractivity contribution in [2.75, 3.05) is 32.9 Å². The van der Waals surface area contributed by atoms with Crippen LogP contribution in [0, 0.1) is 5.92 Å². The third-order valence-corrected chi connectivity index (χ3v) is 4.11. The maximum absolute atomic E-state index is 5.90. The van der Waals surface area contributed by atoms with Crippen LogP contribution in [-0.4, -0.2) is 32.9 Å². The van der Waals surface area contributed by atoms with Crippen molar-refractivity contribution in [1.82, 2.24) is 5.32 Å². The smallest absolute Gasteiger partial charge is 0.106 e. The first-order valence-corrected chi connectivity index (χ1v) is 7.41. The van der Waals surface area contributed by atoms with Crippen LogP contribution in [0.25, 0.3) is 0 Å². The molecule has 1 fully saturated rings. The highest BCUT2D eigenvalue weighted by Gasteiger charge is 2.21. The fourth-order valence-corrected chi connectivity index (χ4v) is 3.02. The lowest BCUT2D eigenvalue weighted by Gasteiger charge is -2.27. The highest BCUT2D eigenvalue weighted by Crippen LogP contribution is 2.27. The van der Waals surface area contributed by atoms with Crippen molar-refractivity contribution in [3.05, 3.63) is 35.4 Å². The Labute approximate surface area is 115 Å². The summed E-state index contributed by atoms with van der Waals surface area (Å²) in [5, 5.41) is 3.43. The zero-order valence-electron chi connectivity index (χ0n) is 11.4. The lowest BCUT2D eigenvalue weighted by molar-refractivity contribution is -0.0341. The summed E-state index contributed by atoms with van der Waals surface area (Å²) < 4.78 is 11.8. The summed E-state index contributed by atoms with van der Waals surface area (Å²) in [7, 11) is 0. The Hall–Kier alpha value is -0.900. The molecule has 3 nitrogen and oxygen atoms in total. The molecule has 2 aliphatic heterocycles. The molecule has 3 heteroatoms. The van der Waals surface area contributed by atoms with Gasteiger partial charge in [0.15, 0.2) is 0 Å². The standard InChI is InChI=1S/C16H23NO2/c1-2-6-15-14(5-1)7-9-19-16(15)12-18-11-13-4-3-8-17-10-13/h1-2,5-6,13,16-17H,3-4,7-12H2. The van der Waals surface area contributed by atoms with E-state index in [1.807, 2.05) is 0 Å². The second kappa shape index (κ2) is 6.51. The van der Waals surface area contributed by atoms with Gasteiger partial charge in [-0.3, -0.25) is 0 Å². The predicted octanol–water partition coefficient (Wildman–Crippen LogP) is 2.32. The highest BCUT2D eigenvalue weighted by atomic mass is 16.5. The van der Waals surface area contributed by atoms with Crippen LogP contribution in [-0.2, 0) is 15.9 Å². The van der Waals surface area contributed by atoms with Gasteiger partial charge in [-0.15, -0.1) is 0 Å². The van der Waals surface area contributed by atoms with Gasteiger partial charge in [0.05, 0.1) is 19.8 Å². The molecule has 0 amide bonds. The molecule has 0 radical (unpaired) electrons. The van der Waals surface area contributed by atoms with E-state index in [1.165, 1.54) is 24.0 Å². The number of nitrogens with one attached hydrogen (secondary N) is 1. The van der Waals surface area contributed by atoms with Crippen molar-refractivity contribution in [3.8, 4) is 0 Å². The van der Waals surface area contributed by atoms with Crippen LogP contribution < -0.4 is 5.32 Å². The minimum absolute atomic E-state index is 0.126. The molecule has 0 aliphatic carbocycles. The molecule has 1 saturated heterocycles. The van der Waals surface area contributed by atoms with Crippen LogP contribution in [0.4, 0.5) is 0 Å². The van der Waals surface area contributed by atoms with Crippen molar-refractivity contribution in [2.24, 2.45) is 5.92 Å². The van der Waals surface area contributed by atoms with Crippen LogP contribution >= 0.6 is 0 Å². The summed E-state index contributed by atoms with van der Waals surface area (Å²) in [6, 6.07) is 8.57. The fraction of sp³-hybridized carbons (Fsp3) is 0.625. The molecule has 2 unspecified atom stereocenters. The molecule has 0 spiro atoms. The van der Waals surface area contributed by atoms with Gasteiger partial charge in [-0.1, -0.05) is 24.3 Å². The first-order valence-electron chi connectivity index (χ1n) is 7.41. The second-order valence-electron chi connectivity index (χ2n) is 5.56. The third-order valence-electron chi connectivity index (χ3n) is 4.11. The maximum atomic E-state index is 5.90. The Bertz CT molecular complexity index is 401. The van der Waals surface area contributed by atoms with Crippen LogP contribution in [0.5, 0.6) is 0 Å². The van der Waals surface area contributed by atoms with E-state index in [1.54, 1.807) is 0 Å². The zero-order chi connectivity index (χ0) is 12.9. The predicted molar refractivity (Wildman–Crippen MR) is 75.3 cm³/mol. The number of benzene rings is 1. The topological polar surface area (TPSA) is 30.5 Å². The molecule has 1 aromatic rings. The van der Waals surface area contributed by atoms with Gasteiger partial charge in [0, 0.05) is 6.54 Å². The van der Waals surface area contributed by atoms with Gasteiger partial charge >= 0.3 is 0 Å². The van der Waals surface area contributed by atoms with Gasteiger partial charge in [-0.25, -0.2) is 0 Å². The quantitative estimate of drug-likeness (QED) is 0.902. The second-order valence-corrected chi connectivity index (χ2v) is 5.56. The Balaban J connectivity index is 1.50. The largest absolute Gasteiger partial charge is 0.378 e. The van der Waals surface area contributed by atoms with Crippen LogP contribution in [0.15, 0.2) is 24.3 Å². The summed E-state index contributed by atoms with van der Waals surface area (Å²) in [6.45, 7) is 4.62. The third kappa shape index (κ3) is 3.35. The molecule has 0 bridgehead atoms. The minimum Gasteiger partial charge on any atom is -0.378 e. The average Bonchev–Trinajstić information content (AvgIpc) is 2.49. The summed E-state index contributed by atoms with van der Waals surface area (Å²) in [5.74, 6) is 0.674. The van der Waals surface area contributed by atoms with E-state index in [0.717, 1.165) is 32.7 Å². The van der Waals surface area contributed by atoms with E-state index >= 15 is 0 Å². The van der Waals surface area contributed by atoms with E-state index in [9.17, 15) is 0 Å². The molecule has 0 aromatic heterocycles. The van der Waals surface area contributed by atoms with Crippen molar-refractivity contribution < 1.29 is 9.47 Å². The van der Waals surface area contributed by atoms with Gasteiger partial charge in [-0.05, 0) is 42.9 Å². The van der Waals surface area contributed by atoms with E-state index < -0.39 is 0 Å². The van der Waals surface area contributed by atoms with E-state index in [-0.39, 0.29) is 6.10 Å². The highest BCUT2D eigenvalue weighted by molar-refractivity contribution is 5.30. The van der Waals surface area contributed by atoms with Crippen LogP contribution in [0.3, 0.4) is 0 Å². The van der Waals surface area contributed by atoms with Crippen LogP contribution in [0.2, 0.25) is 0 Å². The molecule has 104 valence electrons. The summed E-state index contributed by atoms with van der Waals surface area (Å²) in [4.78, 5) is 0. The Kier molecular flexibility index (Phi) is 4.49. The van der Waals surface area contributed by atoms with Gasteiger partial charge in [0.1, 0.15) is 6.10 Å². The Morgan fingerprint density at radius 1 is 1.26 bits per heavy atom. The van der Waals surface area contributed by atoms with Crippen LogP contribution in [0.1, 0.15) is 30.1 Å². The first kappa shape index (κ1) is 13.1. The average molecular weight is 261 g/mol. The lowest BCUT2D eigenvalue weighted by Crippen LogP contribution is -2.33. The number of rotatable bonds is 4. The molecule has 0 saturated carbocycles. The summed E-state index contributed by atoms with van der Waals surface area (Å²) in [5.41, 5.74) is 2.73. The monoisotopic (exact) mass is 261 g/mol. The van der Waals surface area contributed by atoms with Crippen molar-refractivity contribution in [2.45, 2.75) is 25.4 Å². The van der Waals surface area contributed by atoms with E-state index in [0.29, 0.717) is 12.5 Å². The van der Waals surface area contributed by atoms with Gasteiger partial charge < -0.3 is 14.8 Å². The van der Waals surface area contributed by atoms with Gasteiger partial charge in [-0.2, -0.15) is 0 Å². The summed E-state index contributed by atoms with van der Waals surface area (Å²) >= 11 is 0. The minimum atomic E-state index is 0.126. The Morgan fingerprint density at radius 2 is 2.21 bits per heavy atom.